The molecule has 0 spiro atoms. The first kappa shape index (κ1) is 12.2. The molecule has 1 aromatic carbocycles. The summed E-state index contributed by atoms with van der Waals surface area (Å²) in [6, 6.07) is 9.01. The van der Waals surface area contributed by atoms with Crippen LogP contribution in [0.1, 0.15) is 31.0 Å². The lowest BCUT2D eigenvalue weighted by molar-refractivity contribution is 0.115. The van der Waals surface area contributed by atoms with Gasteiger partial charge in [0.05, 0.1) is 6.10 Å². The lowest BCUT2D eigenvalue weighted by Crippen LogP contribution is -2.28. The van der Waals surface area contributed by atoms with Crippen LogP contribution in [0.4, 0.5) is 0 Å². The molecule has 0 aliphatic carbocycles. The van der Waals surface area contributed by atoms with Crippen LogP contribution in [-0.2, 0) is 4.74 Å². The monoisotopic (exact) mass is 207 g/mol. The number of aryl methyl sites for hydroxylation is 1. The largest absolute Gasteiger partial charge is 0.380 e. The van der Waals surface area contributed by atoms with Crippen LogP contribution >= 0.6 is 0 Å². The molecule has 1 N–H and O–H groups in total. The maximum absolute atomic E-state index is 5.19. The van der Waals surface area contributed by atoms with Gasteiger partial charge in [-0.2, -0.15) is 0 Å². The average Bonchev–Trinajstić information content (AvgIpc) is 2.26. The minimum Gasteiger partial charge on any atom is -0.380 e. The van der Waals surface area contributed by atoms with Gasteiger partial charge in [-0.05, 0) is 26.3 Å². The van der Waals surface area contributed by atoms with Gasteiger partial charge in [-0.25, -0.2) is 0 Å². The van der Waals surface area contributed by atoms with Crippen LogP contribution in [0, 0.1) is 6.92 Å². The van der Waals surface area contributed by atoms with Crippen molar-refractivity contribution in [3.8, 4) is 0 Å². The Hall–Kier alpha value is -0.860. The summed E-state index contributed by atoms with van der Waals surface area (Å²) in [5.41, 5.74) is 2.63. The van der Waals surface area contributed by atoms with Crippen LogP contribution in [0.25, 0.3) is 0 Å². The summed E-state index contributed by atoms with van der Waals surface area (Å²) in [6.07, 6.45) is 0.262. The zero-order valence-corrected chi connectivity index (χ0v) is 10.1. The quantitative estimate of drug-likeness (QED) is 0.801. The second-order valence-electron chi connectivity index (χ2n) is 4.09. The number of hydrogen-bond acceptors (Lipinski definition) is 2. The standard InChI is InChI=1S/C13H21NO/c1-10-5-7-13(8-6-10)12(3)14-9-11(2)15-4/h5-8,11-12,14H,9H2,1-4H3. The Labute approximate surface area is 92.6 Å². The molecule has 0 saturated heterocycles. The van der Waals surface area contributed by atoms with Crippen LogP contribution < -0.4 is 5.32 Å². The molecule has 2 atom stereocenters. The van der Waals surface area contributed by atoms with Crippen molar-refractivity contribution in [1.29, 1.82) is 0 Å². The Kier molecular flexibility index (Phi) is 4.79. The third-order valence-corrected chi connectivity index (χ3v) is 2.69. The van der Waals surface area contributed by atoms with Gasteiger partial charge >= 0.3 is 0 Å². The zero-order chi connectivity index (χ0) is 11.3. The predicted octanol–water partition coefficient (Wildman–Crippen LogP) is 2.68. The predicted molar refractivity (Wildman–Crippen MR) is 64.1 cm³/mol. The normalized spacial score (nSPS) is 14.9. The summed E-state index contributed by atoms with van der Waals surface area (Å²) in [7, 11) is 1.74. The minimum absolute atomic E-state index is 0.262. The van der Waals surface area contributed by atoms with Crippen LogP contribution in [0.3, 0.4) is 0 Å². The second-order valence-corrected chi connectivity index (χ2v) is 4.09. The SMILES string of the molecule is COC(C)CNC(C)c1ccc(C)cc1. The maximum atomic E-state index is 5.19. The zero-order valence-electron chi connectivity index (χ0n) is 10.1. The lowest BCUT2D eigenvalue weighted by Gasteiger charge is -2.17. The number of nitrogens with one attached hydrogen (secondary N) is 1. The van der Waals surface area contributed by atoms with E-state index in [0.717, 1.165) is 6.54 Å². The number of benzene rings is 1. The molecule has 0 aromatic heterocycles. The van der Waals surface area contributed by atoms with E-state index in [4.69, 9.17) is 4.74 Å². The van der Waals surface area contributed by atoms with Gasteiger partial charge in [-0.1, -0.05) is 29.8 Å². The number of ether oxygens (including phenoxy) is 1. The van der Waals surface area contributed by atoms with E-state index in [1.807, 2.05) is 0 Å². The molecule has 1 aromatic rings. The fourth-order valence-electron chi connectivity index (χ4n) is 1.40. The topological polar surface area (TPSA) is 21.3 Å². The van der Waals surface area contributed by atoms with Gasteiger partial charge in [0.2, 0.25) is 0 Å². The molecule has 0 saturated carbocycles. The lowest BCUT2D eigenvalue weighted by atomic mass is 10.1. The highest BCUT2D eigenvalue weighted by Crippen LogP contribution is 2.12. The third kappa shape index (κ3) is 4.02. The van der Waals surface area contributed by atoms with Gasteiger partial charge in [0.1, 0.15) is 0 Å². The Bertz CT molecular complexity index is 281. The van der Waals surface area contributed by atoms with Gasteiger partial charge in [0, 0.05) is 19.7 Å². The molecule has 1 rings (SSSR count). The summed E-state index contributed by atoms with van der Waals surface area (Å²) in [6.45, 7) is 7.22. The van der Waals surface area contributed by atoms with E-state index in [2.05, 4.69) is 50.4 Å². The molecular weight excluding hydrogens is 186 g/mol. The smallest absolute Gasteiger partial charge is 0.0667 e. The maximum Gasteiger partial charge on any atom is 0.0667 e. The highest BCUT2D eigenvalue weighted by molar-refractivity contribution is 5.23. The van der Waals surface area contributed by atoms with Gasteiger partial charge in [-0.3, -0.25) is 0 Å². The number of hydrogen-bond donors (Lipinski definition) is 1. The fraction of sp³-hybridized carbons (Fsp3) is 0.538. The molecule has 0 radical (unpaired) electrons. The highest BCUT2D eigenvalue weighted by atomic mass is 16.5. The van der Waals surface area contributed by atoms with Crippen LogP contribution in [0.5, 0.6) is 0 Å². The second kappa shape index (κ2) is 5.89. The van der Waals surface area contributed by atoms with Gasteiger partial charge in [0.15, 0.2) is 0 Å². The van der Waals surface area contributed by atoms with E-state index in [9.17, 15) is 0 Å². The molecule has 0 aliphatic rings. The van der Waals surface area contributed by atoms with E-state index < -0.39 is 0 Å². The van der Waals surface area contributed by atoms with Crippen molar-refractivity contribution < 1.29 is 4.74 Å². The first-order valence-electron chi connectivity index (χ1n) is 5.46. The molecule has 84 valence electrons. The van der Waals surface area contributed by atoms with Gasteiger partial charge in [-0.15, -0.1) is 0 Å². The molecule has 2 unspecified atom stereocenters. The molecule has 2 nitrogen and oxygen atoms in total. The van der Waals surface area contributed by atoms with Gasteiger partial charge < -0.3 is 10.1 Å². The van der Waals surface area contributed by atoms with E-state index in [1.54, 1.807) is 7.11 Å². The minimum atomic E-state index is 0.262. The molecule has 0 heterocycles. The number of rotatable bonds is 5. The first-order valence-corrected chi connectivity index (χ1v) is 5.46. The van der Waals surface area contributed by atoms with Crippen LogP contribution in [0.2, 0.25) is 0 Å². The van der Waals surface area contributed by atoms with Crippen LogP contribution in [-0.4, -0.2) is 19.8 Å². The summed E-state index contributed by atoms with van der Waals surface area (Å²) in [5.74, 6) is 0. The Morgan fingerprint density at radius 2 is 1.80 bits per heavy atom. The first-order chi connectivity index (χ1) is 7.13. The summed E-state index contributed by atoms with van der Waals surface area (Å²) >= 11 is 0. The molecule has 0 aliphatic heterocycles. The van der Waals surface area contributed by atoms with Crippen molar-refractivity contribution >= 4 is 0 Å². The van der Waals surface area contributed by atoms with Crippen molar-refractivity contribution in [2.75, 3.05) is 13.7 Å². The Balaban J connectivity index is 2.46. The Morgan fingerprint density at radius 1 is 1.20 bits per heavy atom. The van der Waals surface area contributed by atoms with Crippen molar-refractivity contribution in [3.63, 3.8) is 0 Å². The van der Waals surface area contributed by atoms with E-state index >= 15 is 0 Å². The van der Waals surface area contributed by atoms with Crippen molar-refractivity contribution in [1.82, 2.24) is 5.32 Å². The fourth-order valence-corrected chi connectivity index (χ4v) is 1.40. The molecule has 15 heavy (non-hydrogen) atoms. The summed E-state index contributed by atoms with van der Waals surface area (Å²) < 4.78 is 5.19. The van der Waals surface area contributed by atoms with Crippen molar-refractivity contribution in [2.24, 2.45) is 0 Å². The van der Waals surface area contributed by atoms with Gasteiger partial charge in [0.25, 0.3) is 0 Å². The number of methoxy groups -OCH3 is 1. The van der Waals surface area contributed by atoms with Crippen molar-refractivity contribution in [2.45, 2.75) is 32.9 Å². The summed E-state index contributed by atoms with van der Waals surface area (Å²) in [4.78, 5) is 0. The summed E-state index contributed by atoms with van der Waals surface area (Å²) in [5, 5.41) is 3.44. The molecular formula is C13H21NO. The molecule has 0 fully saturated rings. The Morgan fingerprint density at radius 3 is 2.33 bits per heavy atom. The highest BCUT2D eigenvalue weighted by Gasteiger charge is 2.06. The van der Waals surface area contributed by atoms with E-state index in [1.165, 1.54) is 11.1 Å². The average molecular weight is 207 g/mol. The van der Waals surface area contributed by atoms with E-state index in [-0.39, 0.29) is 6.10 Å². The van der Waals surface area contributed by atoms with E-state index in [0.29, 0.717) is 6.04 Å². The third-order valence-electron chi connectivity index (χ3n) is 2.69. The molecule has 0 amide bonds. The van der Waals surface area contributed by atoms with Crippen molar-refractivity contribution in [3.05, 3.63) is 35.4 Å². The molecule has 0 bridgehead atoms. The molecule has 2 heteroatoms. The van der Waals surface area contributed by atoms with Crippen LogP contribution in [0.15, 0.2) is 24.3 Å².